The normalized spacial score (nSPS) is 22.5. The van der Waals surface area contributed by atoms with Gasteiger partial charge in [0.2, 0.25) is 0 Å². The zero-order chi connectivity index (χ0) is 24.4. The monoisotopic (exact) mass is 449 g/mol. The van der Waals surface area contributed by atoms with Gasteiger partial charge in [0.05, 0.1) is 0 Å². The van der Waals surface area contributed by atoms with Gasteiger partial charge >= 0.3 is 0 Å². The van der Waals surface area contributed by atoms with E-state index in [0.717, 1.165) is 35.5 Å². The van der Waals surface area contributed by atoms with Crippen LogP contribution in [-0.4, -0.2) is 0 Å². The molecule has 1 aliphatic rings. The maximum Gasteiger partial charge on any atom is -0.0326 e. The molecule has 1 fully saturated rings. The Labute approximate surface area is 205 Å². The highest BCUT2D eigenvalue weighted by Gasteiger charge is 2.30. The lowest BCUT2D eigenvalue weighted by atomic mass is 9.69. The Hall–Kier alpha value is 0. The van der Waals surface area contributed by atoms with Crippen molar-refractivity contribution in [1.82, 2.24) is 0 Å². The molecule has 0 amide bonds. The van der Waals surface area contributed by atoms with E-state index in [-0.39, 0.29) is 0 Å². The summed E-state index contributed by atoms with van der Waals surface area (Å²) in [4.78, 5) is 0. The third-order valence-electron chi connectivity index (χ3n) is 9.90. The average Bonchev–Trinajstić information content (AvgIpc) is 2.71. The Morgan fingerprint density at radius 3 is 1.81 bits per heavy atom. The standard InChI is InChI=1S/C32H64/c1-11-23-32(9,10)30(21-16-25(2)3)15-13-12-14-27(6)31(7,8)24-22-28-17-19-29(20-18-28)26(4)5/h25-30H,11-24H2,1-10H3. The van der Waals surface area contributed by atoms with Crippen molar-refractivity contribution in [2.24, 2.45) is 46.3 Å². The van der Waals surface area contributed by atoms with Crippen LogP contribution in [0.3, 0.4) is 0 Å². The van der Waals surface area contributed by atoms with Crippen LogP contribution in [0, 0.1) is 46.3 Å². The van der Waals surface area contributed by atoms with Crippen LogP contribution in [0.4, 0.5) is 0 Å². The van der Waals surface area contributed by atoms with Crippen molar-refractivity contribution >= 4 is 0 Å². The molecule has 0 aromatic carbocycles. The first-order chi connectivity index (χ1) is 14.9. The first-order valence-electron chi connectivity index (χ1n) is 14.9. The Kier molecular flexibility index (Phi) is 13.5. The molecule has 0 bridgehead atoms. The van der Waals surface area contributed by atoms with E-state index in [4.69, 9.17) is 0 Å². The van der Waals surface area contributed by atoms with E-state index in [1.807, 2.05) is 0 Å². The second kappa shape index (κ2) is 14.4. The second-order valence-corrected chi connectivity index (χ2v) is 14.1. The van der Waals surface area contributed by atoms with Gasteiger partial charge in [-0.1, -0.05) is 114 Å². The predicted octanol–water partition coefficient (Wildman–Crippen LogP) is 11.3. The van der Waals surface area contributed by atoms with Crippen molar-refractivity contribution in [3.05, 3.63) is 0 Å². The molecule has 0 heterocycles. The van der Waals surface area contributed by atoms with Crippen LogP contribution in [0.5, 0.6) is 0 Å². The summed E-state index contributed by atoms with van der Waals surface area (Å²) in [6, 6.07) is 0. The largest absolute Gasteiger partial charge is 0.0654 e. The highest BCUT2D eigenvalue weighted by atomic mass is 14.4. The van der Waals surface area contributed by atoms with E-state index in [9.17, 15) is 0 Å². The van der Waals surface area contributed by atoms with Crippen molar-refractivity contribution in [1.29, 1.82) is 0 Å². The molecule has 192 valence electrons. The summed E-state index contributed by atoms with van der Waals surface area (Å²) in [7, 11) is 0. The fourth-order valence-electron chi connectivity index (χ4n) is 6.51. The van der Waals surface area contributed by atoms with Crippen LogP contribution in [-0.2, 0) is 0 Å². The quantitative estimate of drug-likeness (QED) is 0.206. The van der Waals surface area contributed by atoms with Crippen molar-refractivity contribution in [3.63, 3.8) is 0 Å². The molecule has 0 spiro atoms. The smallest absolute Gasteiger partial charge is 0.0326 e. The summed E-state index contributed by atoms with van der Waals surface area (Å²) in [5.41, 5.74) is 1.02. The van der Waals surface area contributed by atoms with Gasteiger partial charge in [-0.15, -0.1) is 0 Å². The lowest BCUT2D eigenvalue weighted by Crippen LogP contribution is -2.25. The zero-order valence-electron chi connectivity index (χ0n) is 24.4. The third-order valence-corrected chi connectivity index (χ3v) is 9.90. The Morgan fingerprint density at radius 1 is 0.688 bits per heavy atom. The van der Waals surface area contributed by atoms with Gasteiger partial charge in [-0.25, -0.2) is 0 Å². The van der Waals surface area contributed by atoms with Crippen LogP contribution in [0.15, 0.2) is 0 Å². The predicted molar refractivity (Wildman–Crippen MR) is 147 cm³/mol. The molecule has 2 unspecified atom stereocenters. The van der Waals surface area contributed by atoms with Gasteiger partial charge in [0, 0.05) is 0 Å². The lowest BCUT2D eigenvalue weighted by Gasteiger charge is -2.37. The van der Waals surface area contributed by atoms with Gasteiger partial charge < -0.3 is 0 Å². The van der Waals surface area contributed by atoms with E-state index < -0.39 is 0 Å². The minimum absolute atomic E-state index is 0.507. The molecule has 0 nitrogen and oxygen atoms in total. The maximum absolute atomic E-state index is 2.56. The molecule has 0 aromatic heterocycles. The Bertz CT molecular complexity index is 460. The molecule has 1 saturated carbocycles. The van der Waals surface area contributed by atoms with E-state index >= 15 is 0 Å². The number of hydrogen-bond donors (Lipinski definition) is 0. The Morgan fingerprint density at radius 2 is 1.28 bits per heavy atom. The van der Waals surface area contributed by atoms with Gasteiger partial charge in [0.1, 0.15) is 0 Å². The molecule has 1 aliphatic carbocycles. The van der Waals surface area contributed by atoms with E-state index in [1.54, 1.807) is 0 Å². The lowest BCUT2D eigenvalue weighted by molar-refractivity contribution is 0.145. The van der Waals surface area contributed by atoms with Crippen molar-refractivity contribution in [3.8, 4) is 0 Å². The van der Waals surface area contributed by atoms with Gasteiger partial charge in [0.15, 0.2) is 0 Å². The third kappa shape index (κ3) is 11.0. The Balaban J connectivity index is 2.39. The van der Waals surface area contributed by atoms with Crippen molar-refractivity contribution in [2.45, 2.75) is 159 Å². The fourth-order valence-corrected chi connectivity index (χ4v) is 6.51. The topological polar surface area (TPSA) is 0 Å². The minimum atomic E-state index is 0.507. The van der Waals surface area contributed by atoms with Crippen molar-refractivity contribution in [2.75, 3.05) is 0 Å². The summed E-state index contributed by atoms with van der Waals surface area (Å²) in [5.74, 6) is 5.52. The summed E-state index contributed by atoms with van der Waals surface area (Å²) in [6.45, 7) is 24.8. The van der Waals surface area contributed by atoms with E-state index in [2.05, 4.69) is 69.2 Å². The molecule has 0 aromatic rings. The maximum atomic E-state index is 2.56. The number of hydrogen-bond acceptors (Lipinski definition) is 0. The van der Waals surface area contributed by atoms with Crippen LogP contribution < -0.4 is 0 Å². The molecule has 0 saturated heterocycles. The van der Waals surface area contributed by atoms with Crippen LogP contribution in [0.25, 0.3) is 0 Å². The first-order valence-corrected chi connectivity index (χ1v) is 14.9. The summed E-state index contributed by atoms with van der Waals surface area (Å²) in [6.07, 6.45) is 20.2. The molecule has 0 aliphatic heterocycles. The van der Waals surface area contributed by atoms with Gasteiger partial charge in [-0.05, 0) is 91.3 Å². The molecule has 1 rings (SSSR count). The van der Waals surface area contributed by atoms with E-state index in [0.29, 0.717) is 10.8 Å². The highest BCUT2D eigenvalue weighted by Crippen LogP contribution is 2.42. The van der Waals surface area contributed by atoms with Crippen LogP contribution in [0.1, 0.15) is 159 Å². The first kappa shape index (κ1) is 30.0. The SMILES string of the molecule is CCCC(C)(C)C(CCCCC(C)C(C)(C)CCC1CCC(C(C)C)CC1)CCC(C)C. The van der Waals surface area contributed by atoms with E-state index in [1.165, 1.54) is 89.9 Å². The highest BCUT2D eigenvalue weighted by molar-refractivity contribution is 4.81. The molecule has 32 heavy (non-hydrogen) atoms. The number of rotatable bonds is 16. The molecular weight excluding hydrogens is 384 g/mol. The summed E-state index contributed by atoms with van der Waals surface area (Å²) >= 11 is 0. The molecule has 0 radical (unpaired) electrons. The molecule has 2 atom stereocenters. The fraction of sp³-hybridized carbons (Fsp3) is 1.00. The van der Waals surface area contributed by atoms with Gasteiger partial charge in [0.25, 0.3) is 0 Å². The van der Waals surface area contributed by atoms with Crippen LogP contribution >= 0.6 is 0 Å². The molecule has 0 heteroatoms. The zero-order valence-corrected chi connectivity index (χ0v) is 24.4. The van der Waals surface area contributed by atoms with Crippen LogP contribution in [0.2, 0.25) is 0 Å². The average molecular weight is 449 g/mol. The van der Waals surface area contributed by atoms with Gasteiger partial charge in [-0.3, -0.25) is 0 Å². The summed E-state index contributed by atoms with van der Waals surface area (Å²) in [5, 5.41) is 0. The minimum Gasteiger partial charge on any atom is -0.0654 e. The number of unbranched alkanes of at least 4 members (excludes halogenated alkanes) is 1. The second-order valence-electron chi connectivity index (χ2n) is 14.1. The summed E-state index contributed by atoms with van der Waals surface area (Å²) < 4.78 is 0. The molecular formula is C32H64. The van der Waals surface area contributed by atoms with Crippen molar-refractivity contribution < 1.29 is 0 Å². The van der Waals surface area contributed by atoms with Gasteiger partial charge in [-0.2, -0.15) is 0 Å². The molecule has 0 N–H and O–H groups in total.